The molecule has 2 N–H and O–H groups in total. The van der Waals surface area contributed by atoms with Crippen LogP contribution < -0.4 is 4.74 Å². The minimum absolute atomic E-state index is 0.0506. The minimum Gasteiger partial charge on any atom is -0.496 e. The smallest absolute Gasteiger partial charge is 0.122 e. The van der Waals surface area contributed by atoms with Gasteiger partial charge in [0.15, 0.2) is 0 Å². The van der Waals surface area contributed by atoms with Gasteiger partial charge in [-0.05, 0) is 41.2 Å². The lowest BCUT2D eigenvalue weighted by Crippen LogP contribution is -2.03. The fourth-order valence-corrected chi connectivity index (χ4v) is 1.80. The summed E-state index contributed by atoms with van der Waals surface area (Å²) in [6, 6.07) is 3.73. The number of aliphatic hydroxyl groups excluding tert-OH is 2. The summed E-state index contributed by atoms with van der Waals surface area (Å²) in [4.78, 5) is 0. The van der Waals surface area contributed by atoms with Gasteiger partial charge in [0.2, 0.25) is 0 Å². The van der Waals surface area contributed by atoms with Crippen LogP contribution in [0.2, 0.25) is 0 Å². The molecule has 0 radical (unpaired) electrons. The Morgan fingerprint density at radius 1 is 1.06 bits per heavy atom. The molecule has 16 heavy (non-hydrogen) atoms. The van der Waals surface area contributed by atoms with Gasteiger partial charge >= 0.3 is 0 Å². The fourth-order valence-electron chi connectivity index (χ4n) is 1.80. The summed E-state index contributed by atoms with van der Waals surface area (Å²) < 4.78 is 5.30. The molecule has 0 aliphatic rings. The molecule has 90 valence electrons. The maximum atomic E-state index is 9.22. The average molecular weight is 224 g/mol. The van der Waals surface area contributed by atoms with E-state index in [0.717, 1.165) is 28.9 Å². The van der Waals surface area contributed by atoms with E-state index in [9.17, 15) is 10.2 Å². The number of rotatable bonds is 5. The zero-order chi connectivity index (χ0) is 12.1. The van der Waals surface area contributed by atoms with E-state index in [1.807, 2.05) is 12.1 Å². The van der Waals surface area contributed by atoms with E-state index in [0.29, 0.717) is 5.92 Å². The summed E-state index contributed by atoms with van der Waals surface area (Å²) in [6.45, 7) is 4.15. The first-order valence-corrected chi connectivity index (χ1v) is 5.52. The Bertz CT molecular complexity index is 345. The lowest BCUT2D eigenvalue weighted by Gasteiger charge is -2.14. The van der Waals surface area contributed by atoms with E-state index < -0.39 is 0 Å². The monoisotopic (exact) mass is 224 g/mol. The second-order valence-corrected chi connectivity index (χ2v) is 4.35. The first kappa shape index (κ1) is 13.0. The van der Waals surface area contributed by atoms with E-state index in [-0.39, 0.29) is 13.2 Å². The van der Waals surface area contributed by atoms with Crippen LogP contribution in [0.1, 0.15) is 30.5 Å². The lowest BCUT2D eigenvalue weighted by molar-refractivity contribution is 0.259. The van der Waals surface area contributed by atoms with Gasteiger partial charge in [-0.2, -0.15) is 0 Å². The maximum absolute atomic E-state index is 9.22. The van der Waals surface area contributed by atoms with Crippen molar-refractivity contribution in [3.63, 3.8) is 0 Å². The first-order chi connectivity index (χ1) is 7.62. The van der Waals surface area contributed by atoms with Crippen LogP contribution in [0, 0.1) is 5.92 Å². The van der Waals surface area contributed by atoms with Crippen LogP contribution >= 0.6 is 0 Å². The Labute approximate surface area is 96.7 Å². The zero-order valence-corrected chi connectivity index (χ0v) is 10.2. The predicted octanol–water partition coefficient (Wildman–Crippen LogP) is 1.88. The van der Waals surface area contributed by atoms with Crippen molar-refractivity contribution in [2.24, 2.45) is 5.92 Å². The quantitative estimate of drug-likeness (QED) is 0.803. The van der Waals surface area contributed by atoms with Crippen molar-refractivity contribution in [1.29, 1.82) is 0 Å². The number of hydrogen-bond donors (Lipinski definition) is 2. The van der Waals surface area contributed by atoms with Crippen molar-refractivity contribution in [1.82, 2.24) is 0 Å². The minimum atomic E-state index is -0.0752. The van der Waals surface area contributed by atoms with Crippen molar-refractivity contribution in [2.45, 2.75) is 33.5 Å². The molecule has 0 amide bonds. The normalized spacial score (nSPS) is 10.9. The van der Waals surface area contributed by atoms with Crippen molar-refractivity contribution >= 4 is 0 Å². The molecule has 0 aliphatic carbocycles. The SMILES string of the molecule is COc1cc(CO)c(CO)cc1CC(C)C. The maximum Gasteiger partial charge on any atom is 0.122 e. The van der Waals surface area contributed by atoms with E-state index in [2.05, 4.69) is 13.8 Å². The Hall–Kier alpha value is -1.06. The summed E-state index contributed by atoms with van der Waals surface area (Å²) >= 11 is 0. The Kier molecular flexibility index (Phi) is 4.77. The fraction of sp³-hybridized carbons (Fsp3) is 0.538. The van der Waals surface area contributed by atoms with Gasteiger partial charge in [-0.1, -0.05) is 13.8 Å². The number of benzene rings is 1. The molecule has 0 spiro atoms. The Morgan fingerprint density at radius 2 is 1.62 bits per heavy atom. The van der Waals surface area contributed by atoms with Crippen LogP contribution in [0.4, 0.5) is 0 Å². The molecule has 1 aromatic carbocycles. The standard InChI is InChI=1S/C13H20O3/c1-9(2)4-10-5-11(7-14)12(8-15)6-13(10)16-3/h5-6,9,14-15H,4,7-8H2,1-3H3. The highest BCUT2D eigenvalue weighted by atomic mass is 16.5. The molecule has 0 fully saturated rings. The molecule has 3 nitrogen and oxygen atoms in total. The molecule has 3 heteroatoms. The van der Waals surface area contributed by atoms with Crippen LogP contribution in [0.25, 0.3) is 0 Å². The largest absolute Gasteiger partial charge is 0.496 e. The van der Waals surface area contributed by atoms with Crippen LogP contribution in [0.3, 0.4) is 0 Å². The second-order valence-electron chi connectivity index (χ2n) is 4.35. The van der Waals surface area contributed by atoms with Crippen LogP contribution in [-0.4, -0.2) is 17.3 Å². The van der Waals surface area contributed by atoms with Gasteiger partial charge in [-0.3, -0.25) is 0 Å². The topological polar surface area (TPSA) is 49.7 Å². The van der Waals surface area contributed by atoms with Crippen LogP contribution in [0.15, 0.2) is 12.1 Å². The lowest BCUT2D eigenvalue weighted by atomic mass is 9.97. The van der Waals surface area contributed by atoms with Gasteiger partial charge < -0.3 is 14.9 Å². The van der Waals surface area contributed by atoms with E-state index >= 15 is 0 Å². The van der Waals surface area contributed by atoms with Gasteiger partial charge in [0.1, 0.15) is 5.75 Å². The summed E-state index contributed by atoms with van der Waals surface area (Å²) in [6.07, 6.45) is 0.905. The summed E-state index contributed by atoms with van der Waals surface area (Å²) in [7, 11) is 1.62. The summed E-state index contributed by atoms with van der Waals surface area (Å²) in [5.74, 6) is 1.32. The molecular weight excluding hydrogens is 204 g/mol. The van der Waals surface area contributed by atoms with E-state index in [1.165, 1.54) is 0 Å². The van der Waals surface area contributed by atoms with Gasteiger partial charge in [-0.15, -0.1) is 0 Å². The highest BCUT2D eigenvalue weighted by Gasteiger charge is 2.10. The van der Waals surface area contributed by atoms with Gasteiger partial charge in [0.25, 0.3) is 0 Å². The molecule has 0 atom stereocenters. The number of aliphatic hydroxyl groups is 2. The third-order valence-corrected chi connectivity index (χ3v) is 2.57. The highest BCUT2D eigenvalue weighted by molar-refractivity contribution is 5.42. The van der Waals surface area contributed by atoms with Crippen molar-refractivity contribution in [3.05, 3.63) is 28.8 Å². The van der Waals surface area contributed by atoms with Crippen molar-refractivity contribution < 1.29 is 14.9 Å². The van der Waals surface area contributed by atoms with Gasteiger partial charge in [0.05, 0.1) is 20.3 Å². The molecule has 1 rings (SSSR count). The summed E-state index contributed by atoms with van der Waals surface area (Å²) in [5, 5.41) is 18.4. The first-order valence-electron chi connectivity index (χ1n) is 5.52. The Balaban J connectivity index is 3.15. The summed E-state index contributed by atoms with van der Waals surface area (Å²) in [5.41, 5.74) is 2.59. The number of hydrogen-bond acceptors (Lipinski definition) is 3. The average Bonchev–Trinajstić information content (AvgIpc) is 2.27. The predicted molar refractivity (Wildman–Crippen MR) is 63.4 cm³/mol. The molecule has 0 unspecified atom stereocenters. The molecule has 0 saturated carbocycles. The molecular formula is C13H20O3. The molecule has 1 aromatic rings. The third-order valence-electron chi connectivity index (χ3n) is 2.57. The second kappa shape index (κ2) is 5.87. The molecule has 0 aliphatic heterocycles. The highest BCUT2D eigenvalue weighted by Crippen LogP contribution is 2.26. The van der Waals surface area contributed by atoms with Gasteiger partial charge in [0, 0.05) is 0 Å². The van der Waals surface area contributed by atoms with E-state index in [4.69, 9.17) is 4.74 Å². The van der Waals surface area contributed by atoms with Crippen LogP contribution in [0.5, 0.6) is 5.75 Å². The van der Waals surface area contributed by atoms with Gasteiger partial charge in [-0.25, -0.2) is 0 Å². The zero-order valence-electron chi connectivity index (χ0n) is 10.2. The third kappa shape index (κ3) is 2.97. The molecule has 0 saturated heterocycles. The number of ether oxygens (including phenoxy) is 1. The molecule has 0 bridgehead atoms. The molecule has 0 aromatic heterocycles. The van der Waals surface area contributed by atoms with E-state index in [1.54, 1.807) is 7.11 Å². The molecule has 0 heterocycles. The van der Waals surface area contributed by atoms with Crippen molar-refractivity contribution in [2.75, 3.05) is 7.11 Å². The Morgan fingerprint density at radius 3 is 2.06 bits per heavy atom. The number of methoxy groups -OCH3 is 1. The van der Waals surface area contributed by atoms with Crippen molar-refractivity contribution in [3.8, 4) is 5.75 Å². The van der Waals surface area contributed by atoms with Crippen LogP contribution in [-0.2, 0) is 19.6 Å².